The zero-order valence-corrected chi connectivity index (χ0v) is 16.7. The van der Waals surface area contributed by atoms with Crippen molar-refractivity contribution in [1.82, 2.24) is 4.40 Å². The zero-order valence-electron chi connectivity index (χ0n) is 15.1. The largest absolute Gasteiger partial charge is 0.478 e. The number of benzene rings is 2. The molecule has 2 aromatic heterocycles. The van der Waals surface area contributed by atoms with Crippen LogP contribution in [0.25, 0.3) is 16.4 Å². The van der Waals surface area contributed by atoms with Crippen molar-refractivity contribution in [3.63, 3.8) is 0 Å². The molecule has 0 radical (unpaired) electrons. The first-order chi connectivity index (χ1) is 14.3. The number of rotatable bonds is 4. The molecule has 7 nitrogen and oxygen atoms in total. The SMILES string of the molecule is N#Cc1ccc(C(=O)c2c(C(=O)O)c(C(=O)O)c3c(Br)cc4ccccc4n23)cc1. The van der Waals surface area contributed by atoms with Crippen LogP contribution in [0.3, 0.4) is 0 Å². The number of carboxylic acids is 2. The lowest BCUT2D eigenvalue weighted by Crippen LogP contribution is -2.13. The van der Waals surface area contributed by atoms with E-state index in [0.29, 0.717) is 20.9 Å². The van der Waals surface area contributed by atoms with Crippen LogP contribution in [0.15, 0.2) is 59.1 Å². The standard InChI is InChI=1S/C22H11BrN2O5/c23-14-9-13-3-1-2-4-15(13)25-18(14)16(21(27)28)17(22(29)30)19(25)20(26)12-7-5-11(10-24)6-8-12/h1-9H,(H,27,28)(H,29,30). The number of hydrogen-bond acceptors (Lipinski definition) is 4. The van der Waals surface area contributed by atoms with Gasteiger partial charge in [-0.25, -0.2) is 9.59 Å². The maximum atomic E-state index is 13.4. The molecule has 4 rings (SSSR count). The molecule has 0 bridgehead atoms. The normalized spacial score (nSPS) is 10.8. The number of nitriles is 1. The number of carboxylic acid groups (broad SMARTS) is 2. The Hall–Kier alpha value is -3.96. The molecule has 0 aliphatic rings. The highest BCUT2D eigenvalue weighted by Gasteiger charge is 2.33. The second-order valence-electron chi connectivity index (χ2n) is 6.46. The maximum Gasteiger partial charge on any atom is 0.338 e. The summed E-state index contributed by atoms with van der Waals surface area (Å²) in [7, 11) is 0. The minimum absolute atomic E-state index is 0.0793. The van der Waals surface area contributed by atoms with Crippen molar-refractivity contribution in [3.8, 4) is 6.07 Å². The van der Waals surface area contributed by atoms with E-state index in [0.717, 1.165) is 0 Å². The summed E-state index contributed by atoms with van der Waals surface area (Å²) in [6.45, 7) is 0. The van der Waals surface area contributed by atoms with Crippen molar-refractivity contribution in [2.45, 2.75) is 0 Å². The summed E-state index contributed by atoms with van der Waals surface area (Å²) < 4.78 is 1.72. The summed E-state index contributed by atoms with van der Waals surface area (Å²) in [6.07, 6.45) is 0. The van der Waals surface area contributed by atoms with Crippen molar-refractivity contribution in [2.24, 2.45) is 0 Å². The van der Waals surface area contributed by atoms with Gasteiger partial charge >= 0.3 is 11.9 Å². The average molecular weight is 463 g/mol. The summed E-state index contributed by atoms with van der Waals surface area (Å²) in [5.41, 5.74) is -0.289. The van der Waals surface area contributed by atoms with Gasteiger partial charge in [-0.2, -0.15) is 5.26 Å². The van der Waals surface area contributed by atoms with E-state index in [4.69, 9.17) is 5.26 Å². The summed E-state index contributed by atoms with van der Waals surface area (Å²) in [5.74, 6) is -3.65. The number of carbonyl (C=O) groups excluding carboxylic acids is 1. The van der Waals surface area contributed by atoms with Crippen LogP contribution < -0.4 is 0 Å². The minimum atomic E-state index is -1.52. The van der Waals surface area contributed by atoms with Gasteiger partial charge in [-0.15, -0.1) is 0 Å². The topological polar surface area (TPSA) is 120 Å². The van der Waals surface area contributed by atoms with Crippen molar-refractivity contribution in [2.75, 3.05) is 0 Å². The van der Waals surface area contributed by atoms with Crippen LogP contribution in [0.2, 0.25) is 0 Å². The Morgan fingerprint density at radius 1 is 0.933 bits per heavy atom. The summed E-state index contributed by atoms with van der Waals surface area (Å²) in [5, 5.41) is 29.3. The molecule has 146 valence electrons. The van der Waals surface area contributed by atoms with Crippen molar-refractivity contribution < 1.29 is 24.6 Å². The van der Waals surface area contributed by atoms with E-state index < -0.39 is 28.8 Å². The number of halogens is 1. The van der Waals surface area contributed by atoms with Crippen LogP contribution in [0.1, 0.15) is 42.3 Å². The number of para-hydroxylation sites is 1. The number of nitrogens with zero attached hydrogens (tertiary/aromatic N) is 2. The first-order valence-corrected chi connectivity index (χ1v) is 9.41. The van der Waals surface area contributed by atoms with Crippen LogP contribution in [0.5, 0.6) is 0 Å². The lowest BCUT2D eigenvalue weighted by Gasteiger charge is -2.09. The van der Waals surface area contributed by atoms with Crippen molar-refractivity contribution in [1.29, 1.82) is 5.26 Å². The predicted octanol–water partition coefficient (Wildman–Crippen LogP) is 4.35. The van der Waals surface area contributed by atoms with E-state index in [1.807, 2.05) is 6.07 Å². The van der Waals surface area contributed by atoms with Crippen LogP contribution >= 0.6 is 15.9 Å². The second-order valence-corrected chi connectivity index (χ2v) is 7.32. The van der Waals surface area contributed by atoms with E-state index >= 15 is 0 Å². The summed E-state index contributed by atoms with van der Waals surface area (Å²) >= 11 is 3.33. The molecule has 30 heavy (non-hydrogen) atoms. The van der Waals surface area contributed by atoms with Crippen molar-refractivity contribution >= 4 is 50.1 Å². The summed E-state index contributed by atoms with van der Waals surface area (Å²) in [6, 6.07) is 16.3. The van der Waals surface area contributed by atoms with Gasteiger partial charge in [0.05, 0.1) is 22.7 Å². The zero-order chi connectivity index (χ0) is 21.6. The quantitative estimate of drug-likeness (QED) is 0.434. The molecular weight excluding hydrogens is 452 g/mol. The molecule has 0 saturated heterocycles. The fourth-order valence-electron chi connectivity index (χ4n) is 3.52. The number of aromatic carboxylic acids is 2. The Bertz CT molecular complexity index is 1430. The van der Waals surface area contributed by atoms with Crippen LogP contribution in [-0.2, 0) is 0 Å². The number of ketones is 1. The monoisotopic (exact) mass is 462 g/mol. The Kier molecular flexibility index (Phi) is 4.60. The van der Waals surface area contributed by atoms with E-state index in [2.05, 4.69) is 15.9 Å². The first-order valence-electron chi connectivity index (χ1n) is 8.62. The second kappa shape index (κ2) is 7.13. The van der Waals surface area contributed by atoms with Gasteiger partial charge in [0.2, 0.25) is 5.78 Å². The molecule has 8 heteroatoms. The fraction of sp³-hybridized carbons (Fsp3) is 0. The highest BCUT2D eigenvalue weighted by molar-refractivity contribution is 9.10. The molecule has 0 fully saturated rings. The molecule has 0 aliphatic heterocycles. The van der Waals surface area contributed by atoms with Gasteiger partial charge in [0.15, 0.2) is 0 Å². The van der Waals surface area contributed by atoms with Gasteiger partial charge in [-0.1, -0.05) is 18.2 Å². The van der Waals surface area contributed by atoms with Crippen molar-refractivity contribution in [3.05, 3.63) is 87.0 Å². The molecule has 0 saturated carbocycles. The lowest BCUT2D eigenvalue weighted by molar-refractivity contribution is 0.0652. The molecule has 0 amide bonds. The number of hydrogen-bond donors (Lipinski definition) is 2. The third-order valence-electron chi connectivity index (χ3n) is 4.78. The van der Waals surface area contributed by atoms with E-state index in [1.54, 1.807) is 30.3 Å². The molecule has 2 heterocycles. The first kappa shape index (κ1) is 19.4. The Morgan fingerprint density at radius 2 is 1.57 bits per heavy atom. The third-order valence-corrected chi connectivity index (χ3v) is 5.38. The molecule has 2 aromatic carbocycles. The molecule has 0 unspecified atom stereocenters. The lowest BCUT2D eigenvalue weighted by atomic mass is 10.0. The van der Waals surface area contributed by atoms with Crippen LogP contribution in [-0.4, -0.2) is 32.3 Å². The minimum Gasteiger partial charge on any atom is -0.478 e. The number of carbonyl (C=O) groups is 3. The fourth-order valence-corrected chi connectivity index (χ4v) is 4.14. The highest BCUT2D eigenvalue weighted by atomic mass is 79.9. The Morgan fingerprint density at radius 3 is 2.17 bits per heavy atom. The van der Waals surface area contributed by atoms with Crippen LogP contribution in [0, 0.1) is 11.3 Å². The molecule has 0 atom stereocenters. The average Bonchev–Trinajstić information content (AvgIpc) is 3.11. The van der Waals surface area contributed by atoms with E-state index in [1.165, 1.54) is 28.7 Å². The molecule has 2 N–H and O–H groups in total. The molecule has 0 spiro atoms. The van der Waals surface area contributed by atoms with Gasteiger partial charge in [0.25, 0.3) is 0 Å². The van der Waals surface area contributed by atoms with Gasteiger partial charge in [0.1, 0.15) is 16.8 Å². The third kappa shape index (κ3) is 2.84. The molecule has 0 aliphatic carbocycles. The van der Waals surface area contributed by atoms with Crippen LogP contribution in [0.4, 0.5) is 0 Å². The van der Waals surface area contributed by atoms with Gasteiger partial charge in [0, 0.05) is 10.0 Å². The number of fused-ring (bicyclic) bond motifs is 3. The predicted molar refractivity (Wildman–Crippen MR) is 111 cm³/mol. The van der Waals surface area contributed by atoms with Gasteiger partial charge < -0.3 is 14.6 Å². The number of pyridine rings is 1. The molecular formula is C22H11BrN2O5. The number of aromatic nitrogens is 1. The van der Waals surface area contributed by atoms with E-state index in [9.17, 15) is 24.6 Å². The van der Waals surface area contributed by atoms with Gasteiger partial charge in [-0.3, -0.25) is 4.79 Å². The Balaban J connectivity index is 2.20. The van der Waals surface area contributed by atoms with E-state index in [-0.39, 0.29) is 16.8 Å². The summed E-state index contributed by atoms with van der Waals surface area (Å²) in [4.78, 5) is 37.6. The smallest absolute Gasteiger partial charge is 0.338 e. The maximum absolute atomic E-state index is 13.4. The Labute approximate surface area is 177 Å². The van der Waals surface area contributed by atoms with Gasteiger partial charge in [-0.05, 0) is 57.7 Å². The molecule has 4 aromatic rings. The highest BCUT2D eigenvalue weighted by Crippen LogP contribution is 2.35.